The summed E-state index contributed by atoms with van der Waals surface area (Å²) in [7, 11) is 0. The summed E-state index contributed by atoms with van der Waals surface area (Å²) in [4.78, 5) is 35.7. The summed E-state index contributed by atoms with van der Waals surface area (Å²) in [6.45, 7) is 1.04. The lowest BCUT2D eigenvalue weighted by Gasteiger charge is -2.38. The van der Waals surface area contributed by atoms with Gasteiger partial charge >= 0.3 is 5.97 Å². The largest absolute Gasteiger partial charge is 0.480 e. The van der Waals surface area contributed by atoms with Crippen molar-refractivity contribution < 1.29 is 19.5 Å². The number of carbonyl (C=O) groups is 3. The molecule has 1 saturated heterocycles. The molecule has 0 aromatic heterocycles. The lowest BCUT2D eigenvalue weighted by atomic mass is 9.76. The van der Waals surface area contributed by atoms with E-state index < -0.39 is 11.5 Å². The molecule has 2 fully saturated rings. The Morgan fingerprint density at radius 2 is 2.17 bits per heavy atom. The fraction of sp³-hybridized carbons (Fsp3) is 0.727. The second-order valence-electron chi connectivity index (χ2n) is 4.64. The lowest BCUT2D eigenvalue weighted by molar-refractivity contribution is -0.151. The SMILES string of the molecule is O=C(CCN1CCSC1=O)NC1(C(=O)O)CCC1. The standard InChI is InChI=1S/C11H16N2O4S/c14-8(2-5-13-6-7-18-10(13)17)12-11(9(15)16)3-1-4-11/h1-7H2,(H,12,14)(H,15,16). The van der Waals surface area contributed by atoms with Gasteiger partial charge in [-0.05, 0) is 19.3 Å². The van der Waals surface area contributed by atoms with E-state index in [1.54, 1.807) is 4.90 Å². The van der Waals surface area contributed by atoms with Crippen LogP contribution in [0.5, 0.6) is 0 Å². The van der Waals surface area contributed by atoms with Crippen LogP contribution in [0, 0.1) is 0 Å². The molecule has 0 spiro atoms. The molecule has 1 aliphatic carbocycles. The van der Waals surface area contributed by atoms with E-state index in [2.05, 4.69) is 5.32 Å². The van der Waals surface area contributed by atoms with E-state index >= 15 is 0 Å². The molecule has 0 atom stereocenters. The van der Waals surface area contributed by atoms with Crippen LogP contribution >= 0.6 is 11.8 Å². The zero-order valence-corrected chi connectivity index (χ0v) is 10.8. The number of nitrogens with zero attached hydrogens (tertiary/aromatic N) is 1. The van der Waals surface area contributed by atoms with Gasteiger partial charge in [-0.25, -0.2) is 4.79 Å². The molecule has 0 aromatic rings. The van der Waals surface area contributed by atoms with E-state index in [1.165, 1.54) is 11.8 Å². The molecule has 0 aromatic carbocycles. The number of carbonyl (C=O) groups excluding carboxylic acids is 2. The van der Waals surface area contributed by atoms with Crippen molar-refractivity contribution in [3.05, 3.63) is 0 Å². The van der Waals surface area contributed by atoms with Gasteiger partial charge < -0.3 is 15.3 Å². The molecule has 2 rings (SSSR count). The van der Waals surface area contributed by atoms with Crippen LogP contribution in [0.1, 0.15) is 25.7 Å². The van der Waals surface area contributed by atoms with Crippen molar-refractivity contribution in [1.82, 2.24) is 10.2 Å². The lowest BCUT2D eigenvalue weighted by Crippen LogP contribution is -2.59. The molecule has 0 bridgehead atoms. The first-order valence-electron chi connectivity index (χ1n) is 6.00. The third-order valence-corrected chi connectivity index (χ3v) is 4.34. The second-order valence-corrected chi connectivity index (χ2v) is 5.69. The number of thioether (sulfide) groups is 1. The van der Waals surface area contributed by atoms with Crippen LogP contribution < -0.4 is 5.32 Å². The van der Waals surface area contributed by atoms with E-state index in [1.807, 2.05) is 0 Å². The predicted octanol–water partition coefficient (Wildman–Crippen LogP) is 0.669. The fourth-order valence-electron chi connectivity index (χ4n) is 2.12. The Kier molecular flexibility index (Phi) is 3.79. The van der Waals surface area contributed by atoms with Crippen molar-refractivity contribution in [1.29, 1.82) is 0 Å². The first-order valence-corrected chi connectivity index (χ1v) is 6.98. The summed E-state index contributed by atoms with van der Waals surface area (Å²) in [6.07, 6.45) is 1.98. The van der Waals surface area contributed by atoms with Gasteiger partial charge in [0.05, 0.1) is 0 Å². The van der Waals surface area contributed by atoms with Crippen molar-refractivity contribution >= 4 is 28.9 Å². The Balaban J connectivity index is 1.78. The Morgan fingerprint density at radius 1 is 1.44 bits per heavy atom. The summed E-state index contributed by atoms with van der Waals surface area (Å²) in [5.74, 6) is -0.490. The molecule has 1 heterocycles. The number of nitrogens with one attached hydrogen (secondary N) is 1. The molecule has 2 N–H and O–H groups in total. The highest BCUT2D eigenvalue weighted by Crippen LogP contribution is 2.32. The van der Waals surface area contributed by atoms with E-state index in [0.717, 1.165) is 12.2 Å². The zero-order valence-electron chi connectivity index (χ0n) is 9.98. The number of carboxylic acid groups (broad SMARTS) is 1. The maximum Gasteiger partial charge on any atom is 0.329 e. The monoisotopic (exact) mass is 272 g/mol. The highest BCUT2D eigenvalue weighted by Gasteiger charge is 2.45. The van der Waals surface area contributed by atoms with Gasteiger partial charge in [-0.3, -0.25) is 9.59 Å². The summed E-state index contributed by atoms with van der Waals surface area (Å²) in [5, 5.41) is 11.7. The summed E-state index contributed by atoms with van der Waals surface area (Å²) >= 11 is 1.25. The van der Waals surface area contributed by atoms with Crippen molar-refractivity contribution in [3.63, 3.8) is 0 Å². The van der Waals surface area contributed by atoms with Gasteiger partial charge in [-0.1, -0.05) is 11.8 Å². The second kappa shape index (κ2) is 5.17. The van der Waals surface area contributed by atoms with Gasteiger partial charge in [-0.2, -0.15) is 0 Å². The number of rotatable bonds is 5. The number of amides is 2. The van der Waals surface area contributed by atoms with E-state index in [0.29, 0.717) is 25.9 Å². The number of hydrogen-bond acceptors (Lipinski definition) is 4. The van der Waals surface area contributed by atoms with Gasteiger partial charge in [0.25, 0.3) is 5.24 Å². The normalized spacial score (nSPS) is 21.6. The highest BCUT2D eigenvalue weighted by molar-refractivity contribution is 8.13. The smallest absolute Gasteiger partial charge is 0.329 e. The molecular formula is C11H16N2O4S. The molecule has 2 aliphatic rings. The molecule has 6 nitrogen and oxygen atoms in total. The molecule has 1 aliphatic heterocycles. The number of carboxylic acids is 1. The number of aliphatic carboxylic acids is 1. The minimum Gasteiger partial charge on any atom is -0.480 e. The molecule has 100 valence electrons. The van der Waals surface area contributed by atoms with Gasteiger partial charge in [0.1, 0.15) is 5.54 Å². The Labute approximate surface area is 109 Å². The maximum atomic E-state index is 11.7. The van der Waals surface area contributed by atoms with Crippen LogP contribution in [0.3, 0.4) is 0 Å². The summed E-state index contributed by atoms with van der Waals surface area (Å²) < 4.78 is 0. The molecular weight excluding hydrogens is 256 g/mol. The van der Waals surface area contributed by atoms with Crippen LogP contribution in [-0.2, 0) is 9.59 Å². The molecule has 18 heavy (non-hydrogen) atoms. The number of hydrogen-bond donors (Lipinski definition) is 2. The predicted molar refractivity (Wildman–Crippen MR) is 66.4 cm³/mol. The quantitative estimate of drug-likeness (QED) is 0.768. The summed E-state index contributed by atoms with van der Waals surface area (Å²) in [5.41, 5.74) is -1.05. The van der Waals surface area contributed by atoms with Crippen molar-refractivity contribution in [2.75, 3.05) is 18.8 Å². The van der Waals surface area contributed by atoms with Crippen LogP contribution in [-0.4, -0.2) is 51.5 Å². The molecule has 7 heteroatoms. The Morgan fingerprint density at radius 3 is 2.61 bits per heavy atom. The first-order chi connectivity index (χ1) is 8.53. The summed E-state index contributed by atoms with van der Waals surface area (Å²) in [6, 6.07) is 0. The van der Waals surface area contributed by atoms with Crippen LogP contribution in [0.25, 0.3) is 0 Å². The van der Waals surface area contributed by atoms with Gasteiger partial charge in [0.15, 0.2) is 0 Å². The van der Waals surface area contributed by atoms with Crippen LogP contribution in [0.15, 0.2) is 0 Å². The molecule has 1 saturated carbocycles. The third-order valence-electron chi connectivity index (χ3n) is 3.45. The maximum absolute atomic E-state index is 11.7. The van der Waals surface area contributed by atoms with Gasteiger partial charge in [0.2, 0.25) is 5.91 Å². The van der Waals surface area contributed by atoms with E-state index in [4.69, 9.17) is 5.11 Å². The third kappa shape index (κ3) is 2.60. The average molecular weight is 272 g/mol. The average Bonchev–Trinajstić information content (AvgIpc) is 2.66. The van der Waals surface area contributed by atoms with E-state index in [-0.39, 0.29) is 17.6 Å². The fourth-order valence-corrected chi connectivity index (χ4v) is 2.97. The highest BCUT2D eigenvalue weighted by atomic mass is 32.2. The minimum atomic E-state index is -1.05. The van der Waals surface area contributed by atoms with Crippen molar-refractivity contribution in [3.8, 4) is 0 Å². The Bertz CT molecular complexity index is 381. The molecule has 2 amide bonds. The van der Waals surface area contributed by atoms with Crippen LogP contribution in [0.4, 0.5) is 4.79 Å². The zero-order chi connectivity index (χ0) is 13.2. The topological polar surface area (TPSA) is 86.7 Å². The van der Waals surface area contributed by atoms with Crippen molar-refractivity contribution in [2.24, 2.45) is 0 Å². The minimum absolute atomic E-state index is 0.000563. The molecule has 0 unspecified atom stereocenters. The van der Waals surface area contributed by atoms with E-state index in [9.17, 15) is 14.4 Å². The van der Waals surface area contributed by atoms with Gasteiger partial charge in [0, 0.05) is 25.3 Å². The van der Waals surface area contributed by atoms with Crippen molar-refractivity contribution in [2.45, 2.75) is 31.2 Å². The first kappa shape index (κ1) is 13.2. The van der Waals surface area contributed by atoms with Crippen LogP contribution in [0.2, 0.25) is 0 Å². The Hall–Kier alpha value is -1.24. The molecule has 0 radical (unpaired) electrons. The van der Waals surface area contributed by atoms with Gasteiger partial charge in [-0.15, -0.1) is 0 Å².